The summed E-state index contributed by atoms with van der Waals surface area (Å²) in [7, 11) is 0. The molecule has 0 fully saturated rings. The summed E-state index contributed by atoms with van der Waals surface area (Å²) >= 11 is 9.01. The minimum absolute atomic E-state index is 0.322. The number of carboxylic acids is 1. The number of nitrogens with one attached hydrogen (secondary N) is 1. The van der Waals surface area contributed by atoms with Crippen LogP contribution in [0.4, 0.5) is 0 Å². The van der Waals surface area contributed by atoms with Gasteiger partial charge in [0, 0.05) is 15.1 Å². The van der Waals surface area contributed by atoms with Gasteiger partial charge in [-0.25, -0.2) is 4.79 Å². The van der Waals surface area contributed by atoms with Crippen molar-refractivity contribution in [3.8, 4) is 0 Å². The standard InChI is InChI=1S/C11H11BrClNO3/c1-2-9(11(16)17)14-10(15)6-3-7(12)5-8(13)4-6/h3-5,9H,2H2,1H3,(H,14,15)(H,16,17). The van der Waals surface area contributed by atoms with Gasteiger partial charge in [0.25, 0.3) is 5.91 Å². The van der Waals surface area contributed by atoms with Crippen LogP contribution in [-0.2, 0) is 4.79 Å². The van der Waals surface area contributed by atoms with Gasteiger partial charge in [0.1, 0.15) is 6.04 Å². The second kappa shape index (κ2) is 6.02. The highest BCUT2D eigenvalue weighted by molar-refractivity contribution is 9.10. The quantitative estimate of drug-likeness (QED) is 0.896. The molecule has 1 rings (SSSR count). The molecule has 17 heavy (non-hydrogen) atoms. The molecule has 1 aromatic rings. The zero-order valence-corrected chi connectivity index (χ0v) is 11.4. The van der Waals surface area contributed by atoms with Crippen molar-refractivity contribution in [1.29, 1.82) is 0 Å². The lowest BCUT2D eigenvalue weighted by Gasteiger charge is -2.12. The Morgan fingerprint density at radius 3 is 2.59 bits per heavy atom. The van der Waals surface area contributed by atoms with Gasteiger partial charge in [-0.3, -0.25) is 4.79 Å². The van der Waals surface area contributed by atoms with Crippen LogP contribution in [0, 0.1) is 0 Å². The second-order valence-electron chi connectivity index (χ2n) is 3.43. The molecule has 0 saturated carbocycles. The molecule has 0 spiro atoms. The summed E-state index contributed by atoms with van der Waals surface area (Å²) in [5.74, 6) is -1.51. The molecule has 0 saturated heterocycles. The van der Waals surface area contributed by atoms with Gasteiger partial charge in [0.05, 0.1) is 0 Å². The molecule has 0 radical (unpaired) electrons. The normalized spacial score (nSPS) is 11.9. The zero-order valence-electron chi connectivity index (χ0n) is 9.04. The molecule has 0 bridgehead atoms. The van der Waals surface area contributed by atoms with Crippen molar-refractivity contribution in [2.24, 2.45) is 0 Å². The van der Waals surface area contributed by atoms with Crippen molar-refractivity contribution in [3.05, 3.63) is 33.3 Å². The Kier molecular flexibility index (Phi) is 4.96. The topological polar surface area (TPSA) is 66.4 Å². The van der Waals surface area contributed by atoms with Crippen molar-refractivity contribution in [2.45, 2.75) is 19.4 Å². The van der Waals surface area contributed by atoms with Gasteiger partial charge in [0.2, 0.25) is 0 Å². The fraction of sp³-hybridized carbons (Fsp3) is 0.273. The third-order valence-corrected chi connectivity index (χ3v) is 2.81. The number of hydrogen-bond donors (Lipinski definition) is 2. The Bertz CT molecular complexity index is 430. The summed E-state index contributed by atoms with van der Waals surface area (Å²) in [5.41, 5.74) is 0.323. The lowest BCUT2D eigenvalue weighted by Crippen LogP contribution is -2.40. The first-order chi connectivity index (χ1) is 7.93. The van der Waals surface area contributed by atoms with Crippen LogP contribution < -0.4 is 5.32 Å². The summed E-state index contributed by atoms with van der Waals surface area (Å²) in [4.78, 5) is 22.6. The number of amides is 1. The molecule has 1 aromatic carbocycles. The first-order valence-electron chi connectivity index (χ1n) is 4.93. The van der Waals surface area contributed by atoms with Gasteiger partial charge in [-0.1, -0.05) is 34.5 Å². The largest absolute Gasteiger partial charge is 0.480 e. The maximum absolute atomic E-state index is 11.8. The van der Waals surface area contributed by atoms with Crippen LogP contribution in [0.25, 0.3) is 0 Å². The maximum atomic E-state index is 11.8. The van der Waals surface area contributed by atoms with E-state index in [1.165, 1.54) is 6.07 Å². The Morgan fingerprint density at radius 2 is 2.12 bits per heavy atom. The van der Waals surface area contributed by atoms with E-state index in [4.69, 9.17) is 16.7 Å². The van der Waals surface area contributed by atoms with E-state index in [1.807, 2.05) is 0 Å². The molecule has 0 aliphatic heterocycles. The third kappa shape index (κ3) is 4.02. The number of aliphatic carboxylic acids is 1. The first-order valence-corrected chi connectivity index (χ1v) is 6.11. The van der Waals surface area contributed by atoms with E-state index in [2.05, 4.69) is 21.2 Å². The van der Waals surface area contributed by atoms with Crippen LogP contribution in [0.15, 0.2) is 22.7 Å². The van der Waals surface area contributed by atoms with Crippen LogP contribution in [0.5, 0.6) is 0 Å². The molecular weight excluding hydrogens is 309 g/mol. The van der Waals surface area contributed by atoms with E-state index in [-0.39, 0.29) is 0 Å². The molecule has 4 nitrogen and oxygen atoms in total. The molecule has 1 amide bonds. The van der Waals surface area contributed by atoms with E-state index in [9.17, 15) is 9.59 Å². The molecule has 1 unspecified atom stereocenters. The molecule has 92 valence electrons. The van der Waals surface area contributed by atoms with Crippen LogP contribution >= 0.6 is 27.5 Å². The Morgan fingerprint density at radius 1 is 1.47 bits per heavy atom. The maximum Gasteiger partial charge on any atom is 0.326 e. The number of carboxylic acid groups (broad SMARTS) is 1. The van der Waals surface area contributed by atoms with Gasteiger partial charge >= 0.3 is 5.97 Å². The number of carbonyl (C=O) groups is 2. The van der Waals surface area contributed by atoms with Crippen molar-refractivity contribution in [2.75, 3.05) is 0 Å². The molecule has 0 aliphatic carbocycles. The van der Waals surface area contributed by atoms with Crippen LogP contribution in [0.2, 0.25) is 5.02 Å². The van der Waals surface area contributed by atoms with Crippen LogP contribution in [-0.4, -0.2) is 23.0 Å². The molecular formula is C11H11BrClNO3. The summed E-state index contributed by atoms with van der Waals surface area (Å²) < 4.78 is 0.665. The number of rotatable bonds is 4. The predicted molar refractivity (Wildman–Crippen MR) is 68.3 cm³/mol. The third-order valence-electron chi connectivity index (χ3n) is 2.14. The highest BCUT2D eigenvalue weighted by atomic mass is 79.9. The Balaban J connectivity index is 2.86. The monoisotopic (exact) mass is 319 g/mol. The van der Waals surface area contributed by atoms with Gasteiger partial charge in [-0.15, -0.1) is 0 Å². The fourth-order valence-electron chi connectivity index (χ4n) is 1.26. The molecule has 0 aliphatic rings. The van der Waals surface area contributed by atoms with Crippen LogP contribution in [0.1, 0.15) is 23.7 Å². The van der Waals surface area contributed by atoms with Crippen molar-refractivity contribution in [1.82, 2.24) is 5.32 Å². The summed E-state index contributed by atoms with van der Waals surface area (Å²) in [6.45, 7) is 1.69. The average molecular weight is 321 g/mol. The molecule has 1 atom stereocenters. The number of halogens is 2. The van der Waals surface area contributed by atoms with E-state index >= 15 is 0 Å². The van der Waals surface area contributed by atoms with Gasteiger partial charge < -0.3 is 10.4 Å². The van der Waals surface area contributed by atoms with Crippen molar-refractivity contribution < 1.29 is 14.7 Å². The van der Waals surface area contributed by atoms with Gasteiger partial charge in [-0.05, 0) is 24.6 Å². The van der Waals surface area contributed by atoms with Gasteiger partial charge in [-0.2, -0.15) is 0 Å². The average Bonchev–Trinajstić information content (AvgIpc) is 2.23. The lowest BCUT2D eigenvalue weighted by molar-refractivity contribution is -0.139. The summed E-state index contributed by atoms with van der Waals surface area (Å²) in [6, 6.07) is 3.82. The number of hydrogen-bond acceptors (Lipinski definition) is 2. The second-order valence-corrected chi connectivity index (χ2v) is 4.78. The Hall–Kier alpha value is -1.07. The van der Waals surface area contributed by atoms with Crippen molar-refractivity contribution >= 4 is 39.4 Å². The molecule has 6 heteroatoms. The molecule has 0 aromatic heterocycles. The van der Waals surface area contributed by atoms with E-state index in [0.29, 0.717) is 21.5 Å². The highest BCUT2D eigenvalue weighted by Crippen LogP contribution is 2.19. The van der Waals surface area contributed by atoms with E-state index < -0.39 is 17.9 Å². The molecule has 0 heterocycles. The fourth-order valence-corrected chi connectivity index (χ4v) is 2.13. The minimum Gasteiger partial charge on any atom is -0.480 e. The zero-order chi connectivity index (χ0) is 13.0. The smallest absolute Gasteiger partial charge is 0.326 e. The SMILES string of the molecule is CCC(NC(=O)c1cc(Cl)cc(Br)c1)C(=O)O. The highest BCUT2D eigenvalue weighted by Gasteiger charge is 2.18. The van der Waals surface area contributed by atoms with Gasteiger partial charge in [0.15, 0.2) is 0 Å². The van der Waals surface area contributed by atoms with Crippen LogP contribution in [0.3, 0.4) is 0 Å². The first kappa shape index (κ1) is 14.0. The summed E-state index contributed by atoms with van der Waals surface area (Å²) in [6.07, 6.45) is 0.322. The molecule has 2 N–H and O–H groups in total. The van der Waals surface area contributed by atoms with E-state index in [0.717, 1.165) is 0 Å². The summed E-state index contributed by atoms with van der Waals surface area (Å²) in [5, 5.41) is 11.7. The number of carbonyl (C=O) groups excluding carboxylic acids is 1. The Labute approximate surface area is 112 Å². The lowest BCUT2D eigenvalue weighted by atomic mass is 10.1. The number of benzene rings is 1. The van der Waals surface area contributed by atoms with Crippen molar-refractivity contribution in [3.63, 3.8) is 0 Å². The minimum atomic E-state index is -1.05. The predicted octanol–water partition coefficient (Wildman–Crippen LogP) is 2.70. The van der Waals surface area contributed by atoms with E-state index in [1.54, 1.807) is 19.1 Å².